The number of amides is 2. The van der Waals surface area contributed by atoms with Crippen LogP contribution in [0, 0.1) is 6.92 Å². The maximum Gasteiger partial charge on any atom is 0.276 e. The van der Waals surface area contributed by atoms with E-state index < -0.39 is 11.8 Å². The minimum Gasteiger partial charge on any atom is -0.484 e. The lowest BCUT2D eigenvalue weighted by Crippen LogP contribution is -2.49. The fraction of sp³-hybridized carbons (Fsp3) is 0.105. The van der Waals surface area contributed by atoms with Crippen molar-refractivity contribution in [1.29, 1.82) is 0 Å². The minimum absolute atomic E-state index is 0.0170. The Bertz CT molecular complexity index is 789. The third kappa shape index (κ3) is 7.14. The van der Waals surface area contributed by atoms with Gasteiger partial charge < -0.3 is 4.74 Å². The predicted octanol–water partition coefficient (Wildman–Crippen LogP) is 2.11. The maximum absolute atomic E-state index is 11.8. The van der Waals surface area contributed by atoms with Crippen LogP contribution in [0.25, 0.3) is 6.08 Å². The van der Waals surface area contributed by atoms with E-state index in [0.717, 1.165) is 11.1 Å². The maximum atomic E-state index is 11.8. The lowest BCUT2D eigenvalue weighted by molar-refractivity contribution is -0.123. The van der Waals surface area contributed by atoms with Crippen LogP contribution in [0.2, 0.25) is 0 Å². The molecule has 3 N–H and O–H groups in total. The van der Waals surface area contributed by atoms with E-state index in [9.17, 15) is 9.59 Å². The summed E-state index contributed by atoms with van der Waals surface area (Å²) < 4.78 is 5.28. The molecular formula is C19H19N3O3S. The highest BCUT2D eigenvalue weighted by molar-refractivity contribution is 7.80. The molecular weight excluding hydrogens is 350 g/mol. The van der Waals surface area contributed by atoms with Crippen molar-refractivity contribution in [1.82, 2.24) is 16.2 Å². The van der Waals surface area contributed by atoms with E-state index in [2.05, 4.69) is 16.2 Å². The molecule has 7 heteroatoms. The topological polar surface area (TPSA) is 79.5 Å². The van der Waals surface area contributed by atoms with Crippen LogP contribution in [0.5, 0.6) is 5.75 Å². The number of para-hydroxylation sites is 1. The van der Waals surface area contributed by atoms with Gasteiger partial charge in [0.05, 0.1) is 0 Å². The number of hydrazine groups is 1. The number of carbonyl (C=O) groups excluding carboxylic acids is 2. The highest BCUT2D eigenvalue weighted by Gasteiger charge is 2.05. The van der Waals surface area contributed by atoms with Crippen molar-refractivity contribution in [2.24, 2.45) is 0 Å². The van der Waals surface area contributed by atoms with Crippen LogP contribution in [-0.4, -0.2) is 23.5 Å². The number of nitrogens with one attached hydrogen (secondary N) is 3. The van der Waals surface area contributed by atoms with E-state index in [1.807, 2.05) is 37.3 Å². The molecule has 0 bridgehead atoms. The van der Waals surface area contributed by atoms with Gasteiger partial charge in [-0.1, -0.05) is 48.0 Å². The molecule has 2 aromatic carbocycles. The van der Waals surface area contributed by atoms with Crippen molar-refractivity contribution in [3.05, 3.63) is 71.8 Å². The van der Waals surface area contributed by atoms with Crippen molar-refractivity contribution in [3.8, 4) is 5.75 Å². The van der Waals surface area contributed by atoms with Gasteiger partial charge in [0.1, 0.15) is 5.75 Å². The molecule has 2 rings (SSSR count). The SMILES string of the molecule is Cc1ccc(C=CC(=O)NC(=S)NNC(=O)COc2ccccc2)cc1. The Morgan fingerprint density at radius 2 is 1.73 bits per heavy atom. The highest BCUT2D eigenvalue weighted by atomic mass is 32.1. The number of thiocarbonyl (C=S) groups is 1. The summed E-state index contributed by atoms with van der Waals surface area (Å²) in [6, 6.07) is 16.7. The van der Waals surface area contributed by atoms with Crippen molar-refractivity contribution < 1.29 is 14.3 Å². The van der Waals surface area contributed by atoms with Gasteiger partial charge in [0, 0.05) is 6.08 Å². The second-order valence-electron chi connectivity index (χ2n) is 5.34. The first kappa shape index (κ1) is 19.1. The van der Waals surface area contributed by atoms with E-state index in [-0.39, 0.29) is 11.7 Å². The number of hydrogen-bond acceptors (Lipinski definition) is 4. The standard InChI is InChI=1S/C19H19N3O3S/c1-14-7-9-15(10-8-14)11-12-17(23)20-19(26)22-21-18(24)13-25-16-5-3-2-4-6-16/h2-12H,13H2,1H3,(H,21,24)(H2,20,22,23,26). The third-order valence-electron chi connectivity index (χ3n) is 3.17. The summed E-state index contributed by atoms with van der Waals surface area (Å²) in [5.74, 6) is -0.252. The molecule has 6 nitrogen and oxygen atoms in total. The predicted molar refractivity (Wildman–Crippen MR) is 104 cm³/mol. The summed E-state index contributed by atoms with van der Waals surface area (Å²) >= 11 is 4.94. The van der Waals surface area contributed by atoms with E-state index >= 15 is 0 Å². The van der Waals surface area contributed by atoms with Crippen LogP contribution in [0.3, 0.4) is 0 Å². The lowest BCUT2D eigenvalue weighted by atomic mass is 10.1. The zero-order chi connectivity index (χ0) is 18.8. The Morgan fingerprint density at radius 3 is 2.42 bits per heavy atom. The molecule has 0 saturated heterocycles. The van der Waals surface area contributed by atoms with Crippen LogP contribution < -0.4 is 20.9 Å². The number of rotatable bonds is 5. The molecule has 134 valence electrons. The van der Waals surface area contributed by atoms with Crippen molar-refractivity contribution in [2.45, 2.75) is 6.92 Å². The van der Waals surface area contributed by atoms with Crippen LogP contribution >= 0.6 is 12.2 Å². The molecule has 0 aromatic heterocycles. The lowest BCUT2D eigenvalue weighted by Gasteiger charge is -2.10. The molecule has 0 heterocycles. The smallest absolute Gasteiger partial charge is 0.276 e. The molecule has 0 fully saturated rings. The molecule has 0 aliphatic heterocycles. The average molecular weight is 369 g/mol. The highest BCUT2D eigenvalue weighted by Crippen LogP contribution is 2.07. The van der Waals surface area contributed by atoms with Crippen molar-refractivity contribution in [2.75, 3.05) is 6.61 Å². The zero-order valence-corrected chi connectivity index (χ0v) is 15.0. The second kappa shape index (κ2) is 9.95. The summed E-state index contributed by atoms with van der Waals surface area (Å²) in [6.07, 6.45) is 3.03. The van der Waals surface area contributed by atoms with E-state index in [0.29, 0.717) is 5.75 Å². The van der Waals surface area contributed by atoms with Gasteiger partial charge in [-0.3, -0.25) is 25.8 Å². The Balaban J connectivity index is 1.68. The quantitative estimate of drug-likeness (QED) is 0.427. The number of aryl methyl sites for hydroxylation is 1. The van der Waals surface area contributed by atoms with E-state index in [1.165, 1.54) is 6.08 Å². The Morgan fingerprint density at radius 1 is 1.04 bits per heavy atom. The van der Waals surface area contributed by atoms with Gasteiger partial charge in [0.2, 0.25) is 5.91 Å². The second-order valence-corrected chi connectivity index (χ2v) is 5.75. The largest absolute Gasteiger partial charge is 0.484 e. The van der Waals surface area contributed by atoms with Gasteiger partial charge in [-0.2, -0.15) is 0 Å². The van der Waals surface area contributed by atoms with Crippen LogP contribution in [0.1, 0.15) is 11.1 Å². The first-order valence-electron chi connectivity index (χ1n) is 7.85. The summed E-state index contributed by atoms with van der Waals surface area (Å²) in [5, 5.41) is 2.41. The molecule has 0 unspecified atom stereocenters. The van der Waals surface area contributed by atoms with Gasteiger partial charge in [0.25, 0.3) is 5.91 Å². The summed E-state index contributed by atoms with van der Waals surface area (Å²) in [7, 11) is 0. The first-order chi connectivity index (χ1) is 12.5. The third-order valence-corrected chi connectivity index (χ3v) is 3.37. The molecule has 26 heavy (non-hydrogen) atoms. The fourth-order valence-electron chi connectivity index (χ4n) is 1.86. The average Bonchev–Trinajstić information content (AvgIpc) is 2.65. The van der Waals surface area contributed by atoms with Crippen LogP contribution in [-0.2, 0) is 9.59 Å². The Kier molecular flexibility index (Phi) is 7.32. The van der Waals surface area contributed by atoms with Gasteiger partial charge in [0.15, 0.2) is 11.7 Å². The molecule has 0 aliphatic carbocycles. The summed E-state index contributed by atoms with van der Waals surface area (Å²) in [6.45, 7) is 1.81. The van der Waals surface area contributed by atoms with Crippen molar-refractivity contribution in [3.63, 3.8) is 0 Å². The number of hydrogen-bond donors (Lipinski definition) is 3. The number of carbonyl (C=O) groups is 2. The van der Waals surface area contributed by atoms with Gasteiger partial charge in [-0.15, -0.1) is 0 Å². The summed E-state index contributed by atoms with van der Waals surface area (Å²) in [5.41, 5.74) is 6.83. The fourth-order valence-corrected chi connectivity index (χ4v) is 2.01. The molecule has 0 spiro atoms. The molecule has 2 amide bonds. The molecule has 0 aliphatic rings. The van der Waals surface area contributed by atoms with E-state index in [1.54, 1.807) is 30.3 Å². The Hall–Kier alpha value is -3.19. The van der Waals surface area contributed by atoms with Gasteiger partial charge in [-0.05, 0) is 42.9 Å². The summed E-state index contributed by atoms with van der Waals surface area (Å²) in [4.78, 5) is 23.4. The first-order valence-corrected chi connectivity index (χ1v) is 8.26. The van der Waals surface area contributed by atoms with Gasteiger partial charge >= 0.3 is 0 Å². The van der Waals surface area contributed by atoms with Crippen LogP contribution in [0.4, 0.5) is 0 Å². The molecule has 0 radical (unpaired) electrons. The normalized spacial score (nSPS) is 10.2. The monoisotopic (exact) mass is 369 g/mol. The number of benzene rings is 2. The molecule has 0 atom stereocenters. The van der Waals surface area contributed by atoms with Crippen LogP contribution in [0.15, 0.2) is 60.7 Å². The molecule has 0 saturated carbocycles. The minimum atomic E-state index is -0.430. The Labute approximate surface area is 157 Å². The van der Waals surface area contributed by atoms with E-state index in [4.69, 9.17) is 17.0 Å². The zero-order valence-electron chi connectivity index (χ0n) is 14.2. The van der Waals surface area contributed by atoms with Gasteiger partial charge in [-0.25, -0.2) is 0 Å². The van der Waals surface area contributed by atoms with Crippen molar-refractivity contribution >= 4 is 35.2 Å². The number of ether oxygens (including phenoxy) is 1. The molecule has 2 aromatic rings.